The number of hydrogen-bond acceptors (Lipinski definition) is 4. The van der Waals surface area contributed by atoms with Crippen LogP contribution in [0.2, 0.25) is 0 Å². The standard InChI is InChI=1S/C7H12O5S/c1-13(10,11)7(6(8)9)2-4-12-5-3-7/h2-5H2,1H3,(H,8,9). The number of rotatable bonds is 2. The number of sulfone groups is 1. The van der Waals surface area contributed by atoms with Gasteiger partial charge in [0.25, 0.3) is 0 Å². The van der Waals surface area contributed by atoms with Gasteiger partial charge in [0.1, 0.15) is 0 Å². The normalized spacial score (nSPS) is 22.5. The van der Waals surface area contributed by atoms with Crippen molar-refractivity contribution in [3.8, 4) is 0 Å². The Hall–Kier alpha value is -0.620. The minimum Gasteiger partial charge on any atom is -0.480 e. The molecule has 1 saturated heterocycles. The van der Waals surface area contributed by atoms with Crippen LogP contribution in [0.1, 0.15) is 12.8 Å². The molecule has 0 unspecified atom stereocenters. The first-order valence-electron chi connectivity index (χ1n) is 3.91. The Labute approximate surface area is 76.6 Å². The molecule has 5 nitrogen and oxygen atoms in total. The highest BCUT2D eigenvalue weighted by Gasteiger charge is 2.49. The van der Waals surface area contributed by atoms with Gasteiger partial charge in [-0.3, -0.25) is 4.79 Å². The number of carboxylic acids is 1. The molecule has 0 saturated carbocycles. The third-order valence-electron chi connectivity index (χ3n) is 2.40. The molecule has 1 aliphatic rings. The summed E-state index contributed by atoms with van der Waals surface area (Å²) in [6.45, 7) is 0.388. The lowest BCUT2D eigenvalue weighted by Gasteiger charge is -2.30. The van der Waals surface area contributed by atoms with Gasteiger partial charge in [-0.15, -0.1) is 0 Å². The van der Waals surface area contributed by atoms with Gasteiger partial charge in [0.2, 0.25) is 0 Å². The van der Waals surface area contributed by atoms with Crippen LogP contribution in [0.25, 0.3) is 0 Å². The lowest BCUT2D eigenvalue weighted by atomic mass is 9.99. The number of carbonyl (C=O) groups is 1. The first-order chi connectivity index (χ1) is 5.90. The van der Waals surface area contributed by atoms with Crippen molar-refractivity contribution in [1.29, 1.82) is 0 Å². The van der Waals surface area contributed by atoms with Gasteiger partial charge in [0, 0.05) is 32.3 Å². The fraction of sp³-hybridized carbons (Fsp3) is 0.857. The molecule has 76 valence electrons. The summed E-state index contributed by atoms with van der Waals surface area (Å²) in [5, 5.41) is 8.89. The number of hydrogen-bond donors (Lipinski definition) is 1. The van der Waals surface area contributed by atoms with Crippen molar-refractivity contribution in [2.45, 2.75) is 17.6 Å². The van der Waals surface area contributed by atoms with Crippen LogP contribution in [0.3, 0.4) is 0 Å². The fourth-order valence-corrected chi connectivity index (χ4v) is 2.67. The van der Waals surface area contributed by atoms with Gasteiger partial charge in [-0.2, -0.15) is 0 Å². The minimum absolute atomic E-state index is 0.0428. The van der Waals surface area contributed by atoms with Gasteiger partial charge < -0.3 is 9.84 Å². The van der Waals surface area contributed by atoms with E-state index in [0.717, 1.165) is 6.26 Å². The Morgan fingerprint density at radius 3 is 2.08 bits per heavy atom. The van der Waals surface area contributed by atoms with Crippen LogP contribution in [0.4, 0.5) is 0 Å². The van der Waals surface area contributed by atoms with Crippen LogP contribution in [-0.2, 0) is 19.4 Å². The zero-order valence-corrected chi connectivity index (χ0v) is 8.13. The molecule has 6 heteroatoms. The summed E-state index contributed by atoms with van der Waals surface area (Å²) < 4.78 is 25.9. The van der Waals surface area contributed by atoms with Crippen LogP contribution >= 0.6 is 0 Å². The van der Waals surface area contributed by atoms with E-state index in [2.05, 4.69) is 0 Å². The van der Waals surface area contributed by atoms with E-state index < -0.39 is 20.6 Å². The summed E-state index contributed by atoms with van der Waals surface area (Å²) in [6.07, 6.45) is 1.05. The van der Waals surface area contributed by atoms with Gasteiger partial charge in [0.15, 0.2) is 14.6 Å². The highest BCUT2D eigenvalue weighted by atomic mass is 32.2. The van der Waals surface area contributed by atoms with Gasteiger partial charge >= 0.3 is 5.97 Å². The topological polar surface area (TPSA) is 80.7 Å². The average molecular weight is 208 g/mol. The van der Waals surface area contributed by atoms with Crippen molar-refractivity contribution in [1.82, 2.24) is 0 Å². The molecule has 1 rings (SSSR count). The number of aliphatic carboxylic acids is 1. The van der Waals surface area contributed by atoms with Crippen LogP contribution in [0, 0.1) is 0 Å². The number of ether oxygens (including phenoxy) is 1. The zero-order chi connectivity index (χ0) is 10.1. The third-order valence-corrected chi connectivity index (χ3v) is 4.40. The summed E-state index contributed by atoms with van der Waals surface area (Å²) in [6, 6.07) is 0. The molecule has 1 heterocycles. The van der Waals surface area contributed by atoms with Crippen LogP contribution < -0.4 is 0 Å². The predicted octanol–water partition coefficient (Wildman–Crippen LogP) is -0.335. The Morgan fingerprint density at radius 1 is 1.38 bits per heavy atom. The SMILES string of the molecule is CS(=O)(=O)C1(C(=O)O)CCOCC1. The van der Waals surface area contributed by atoms with Crippen LogP contribution in [0.5, 0.6) is 0 Å². The van der Waals surface area contributed by atoms with E-state index in [1.807, 2.05) is 0 Å². The Bertz CT molecular complexity index is 299. The summed E-state index contributed by atoms with van der Waals surface area (Å²) in [4.78, 5) is 10.9. The lowest BCUT2D eigenvalue weighted by Crippen LogP contribution is -2.50. The van der Waals surface area contributed by atoms with Crippen molar-refractivity contribution < 1.29 is 23.1 Å². The Kier molecular flexibility index (Phi) is 2.63. The second kappa shape index (κ2) is 3.26. The maximum absolute atomic E-state index is 11.3. The van der Waals surface area contributed by atoms with Crippen molar-refractivity contribution in [3.05, 3.63) is 0 Å². The van der Waals surface area contributed by atoms with E-state index in [1.54, 1.807) is 0 Å². The second-order valence-electron chi connectivity index (χ2n) is 3.18. The van der Waals surface area contributed by atoms with E-state index in [1.165, 1.54) is 0 Å². The van der Waals surface area contributed by atoms with Crippen molar-refractivity contribution >= 4 is 15.8 Å². The van der Waals surface area contributed by atoms with E-state index in [-0.39, 0.29) is 26.1 Å². The summed E-state index contributed by atoms with van der Waals surface area (Å²) in [5.74, 6) is -1.27. The van der Waals surface area contributed by atoms with E-state index >= 15 is 0 Å². The van der Waals surface area contributed by atoms with E-state index in [0.29, 0.717) is 0 Å². The largest absolute Gasteiger partial charge is 0.480 e. The average Bonchev–Trinajstić information content (AvgIpc) is 2.03. The molecule has 1 fully saturated rings. The summed E-state index contributed by atoms with van der Waals surface area (Å²) in [5.41, 5.74) is 0. The Morgan fingerprint density at radius 2 is 1.85 bits per heavy atom. The molecule has 0 aromatic heterocycles. The monoisotopic (exact) mass is 208 g/mol. The Balaban J connectivity index is 3.07. The summed E-state index contributed by atoms with van der Waals surface area (Å²) >= 11 is 0. The van der Waals surface area contributed by atoms with Crippen LogP contribution in [-0.4, -0.2) is 43.7 Å². The molecule has 1 N–H and O–H groups in total. The molecule has 0 aliphatic carbocycles. The molecular weight excluding hydrogens is 196 g/mol. The van der Waals surface area contributed by atoms with Crippen molar-refractivity contribution in [2.24, 2.45) is 0 Å². The number of carboxylic acid groups (broad SMARTS) is 1. The quantitative estimate of drug-likeness (QED) is 0.671. The molecule has 0 atom stereocenters. The van der Waals surface area contributed by atoms with E-state index in [4.69, 9.17) is 9.84 Å². The predicted molar refractivity (Wildman–Crippen MR) is 45.3 cm³/mol. The highest BCUT2D eigenvalue weighted by Crippen LogP contribution is 2.29. The molecule has 0 spiro atoms. The van der Waals surface area contributed by atoms with Gasteiger partial charge in [-0.1, -0.05) is 0 Å². The molecule has 1 aliphatic heterocycles. The lowest BCUT2D eigenvalue weighted by molar-refractivity contribution is -0.142. The van der Waals surface area contributed by atoms with Gasteiger partial charge in [0.05, 0.1) is 0 Å². The van der Waals surface area contributed by atoms with Gasteiger partial charge in [-0.05, 0) is 0 Å². The molecule has 0 amide bonds. The maximum Gasteiger partial charge on any atom is 0.325 e. The molecule has 13 heavy (non-hydrogen) atoms. The van der Waals surface area contributed by atoms with Gasteiger partial charge in [-0.25, -0.2) is 8.42 Å². The minimum atomic E-state index is -3.57. The molecule has 0 aromatic rings. The zero-order valence-electron chi connectivity index (χ0n) is 7.32. The highest BCUT2D eigenvalue weighted by molar-refractivity contribution is 7.92. The molecule has 0 aromatic carbocycles. The first kappa shape index (κ1) is 10.5. The second-order valence-corrected chi connectivity index (χ2v) is 5.51. The fourth-order valence-electron chi connectivity index (χ4n) is 1.44. The van der Waals surface area contributed by atoms with Crippen LogP contribution in [0.15, 0.2) is 0 Å². The molecule has 0 bridgehead atoms. The third kappa shape index (κ3) is 1.68. The summed E-state index contributed by atoms with van der Waals surface area (Å²) in [7, 11) is -3.57. The smallest absolute Gasteiger partial charge is 0.325 e. The van der Waals surface area contributed by atoms with Crippen molar-refractivity contribution in [3.63, 3.8) is 0 Å². The molecule has 0 radical (unpaired) electrons. The first-order valence-corrected chi connectivity index (χ1v) is 5.80. The maximum atomic E-state index is 11.3. The van der Waals surface area contributed by atoms with Crippen molar-refractivity contribution in [2.75, 3.05) is 19.5 Å². The van der Waals surface area contributed by atoms with E-state index in [9.17, 15) is 13.2 Å². The molecular formula is C7H12O5S.